The van der Waals surface area contributed by atoms with E-state index in [9.17, 15) is 8.42 Å². The summed E-state index contributed by atoms with van der Waals surface area (Å²) in [5.41, 5.74) is 1.95. The number of hydrogen-bond acceptors (Lipinski definition) is 2. The third kappa shape index (κ3) is 2.43. The van der Waals surface area contributed by atoms with Crippen molar-refractivity contribution in [3.05, 3.63) is 29.8 Å². The van der Waals surface area contributed by atoms with E-state index in [0.717, 1.165) is 30.5 Å². The van der Waals surface area contributed by atoms with Crippen LogP contribution in [-0.2, 0) is 16.6 Å². The minimum absolute atomic E-state index is 0.276. The molecule has 1 aromatic rings. The number of anilines is 1. The van der Waals surface area contributed by atoms with Gasteiger partial charge in [0.1, 0.15) is 0 Å². The molecule has 6 heteroatoms. The summed E-state index contributed by atoms with van der Waals surface area (Å²) in [7, 11) is -3.41. The lowest BCUT2D eigenvalue weighted by atomic mass is 10.0. The molecule has 1 unspecified atom stereocenters. The van der Waals surface area contributed by atoms with Crippen LogP contribution in [0.5, 0.6) is 0 Å². The Labute approximate surface area is 125 Å². The quantitative estimate of drug-likeness (QED) is 0.803. The summed E-state index contributed by atoms with van der Waals surface area (Å²) in [5, 5.41) is 0. The van der Waals surface area contributed by atoms with Gasteiger partial charge in [-0.05, 0) is 36.8 Å². The fourth-order valence-electron chi connectivity index (χ4n) is 3.05. The summed E-state index contributed by atoms with van der Waals surface area (Å²) < 4.78 is 28.8. The highest BCUT2D eigenvalue weighted by Gasteiger charge is 2.36. The van der Waals surface area contributed by atoms with Crippen molar-refractivity contribution in [2.75, 3.05) is 29.8 Å². The normalized spacial score (nSPS) is 23.9. The van der Waals surface area contributed by atoms with Crippen LogP contribution in [0.1, 0.15) is 18.4 Å². The molecular weight excluding hydrogens is 296 g/mol. The number of benzene rings is 1. The van der Waals surface area contributed by atoms with E-state index < -0.39 is 10.2 Å². The van der Waals surface area contributed by atoms with Crippen LogP contribution in [-0.4, -0.2) is 38.2 Å². The number of rotatable bonds is 3. The fraction of sp³-hybridized carbons (Fsp3) is 0.571. The summed E-state index contributed by atoms with van der Waals surface area (Å²) in [6, 6.07) is 7.75. The van der Waals surface area contributed by atoms with Crippen molar-refractivity contribution in [1.82, 2.24) is 4.31 Å². The summed E-state index contributed by atoms with van der Waals surface area (Å²) >= 11 is 5.90. The molecule has 0 bridgehead atoms. The minimum atomic E-state index is -3.41. The first kappa shape index (κ1) is 14.2. The molecule has 2 heterocycles. The van der Waals surface area contributed by atoms with Crippen LogP contribution >= 0.6 is 11.6 Å². The molecule has 3 rings (SSSR count). The number of piperidine rings is 1. The average Bonchev–Trinajstić information content (AvgIpc) is 2.92. The van der Waals surface area contributed by atoms with Gasteiger partial charge in [-0.15, -0.1) is 11.6 Å². The molecule has 4 nitrogen and oxygen atoms in total. The Morgan fingerprint density at radius 2 is 2.05 bits per heavy atom. The Balaban J connectivity index is 1.86. The molecule has 0 amide bonds. The zero-order chi connectivity index (χ0) is 14.2. The molecule has 0 spiro atoms. The van der Waals surface area contributed by atoms with E-state index in [1.807, 2.05) is 24.3 Å². The second-order valence-corrected chi connectivity index (χ2v) is 7.64. The van der Waals surface area contributed by atoms with Crippen LogP contribution in [0, 0.1) is 5.92 Å². The van der Waals surface area contributed by atoms with Gasteiger partial charge in [-0.1, -0.05) is 18.2 Å². The van der Waals surface area contributed by atoms with E-state index in [-0.39, 0.29) is 5.92 Å². The lowest BCUT2D eigenvalue weighted by Crippen LogP contribution is -2.48. The van der Waals surface area contributed by atoms with Crippen molar-refractivity contribution in [1.29, 1.82) is 0 Å². The largest absolute Gasteiger partial charge is 0.304 e. The monoisotopic (exact) mass is 314 g/mol. The van der Waals surface area contributed by atoms with Gasteiger partial charge in [0.05, 0.1) is 5.69 Å². The Bertz CT molecular complexity index is 591. The molecule has 1 saturated heterocycles. The van der Waals surface area contributed by atoms with Crippen molar-refractivity contribution in [2.24, 2.45) is 5.92 Å². The zero-order valence-electron chi connectivity index (χ0n) is 11.3. The summed E-state index contributed by atoms with van der Waals surface area (Å²) in [5.74, 6) is 0.806. The van der Waals surface area contributed by atoms with Crippen LogP contribution < -0.4 is 4.31 Å². The number of fused-ring (bicyclic) bond motifs is 1. The number of para-hydroxylation sites is 1. The first-order valence-electron chi connectivity index (χ1n) is 7.04. The van der Waals surface area contributed by atoms with Crippen LogP contribution in [0.3, 0.4) is 0 Å². The second-order valence-electron chi connectivity index (χ2n) is 5.48. The lowest BCUT2D eigenvalue weighted by Gasteiger charge is -2.34. The summed E-state index contributed by atoms with van der Waals surface area (Å²) in [4.78, 5) is 0. The van der Waals surface area contributed by atoms with Crippen molar-refractivity contribution in [3.63, 3.8) is 0 Å². The van der Waals surface area contributed by atoms with Crippen LogP contribution in [0.4, 0.5) is 5.69 Å². The van der Waals surface area contributed by atoms with E-state index in [4.69, 9.17) is 11.6 Å². The van der Waals surface area contributed by atoms with Crippen molar-refractivity contribution >= 4 is 27.5 Å². The van der Waals surface area contributed by atoms with Gasteiger partial charge < -0.3 is 0 Å². The molecule has 0 aliphatic carbocycles. The number of hydrogen-bond donors (Lipinski definition) is 0. The van der Waals surface area contributed by atoms with Gasteiger partial charge in [0.15, 0.2) is 0 Å². The Kier molecular flexibility index (Phi) is 3.93. The predicted octanol–water partition coefficient (Wildman–Crippen LogP) is 2.24. The molecule has 0 radical (unpaired) electrons. The Morgan fingerprint density at radius 3 is 2.85 bits per heavy atom. The standard InChI is InChI=1S/C14H19ClN2O2S/c15-10-12-4-3-8-16(11-12)20(18,19)17-9-7-13-5-1-2-6-14(13)17/h1-2,5-6,12H,3-4,7-11H2. The predicted molar refractivity (Wildman–Crippen MR) is 81.4 cm³/mol. The van der Waals surface area contributed by atoms with Crippen molar-refractivity contribution in [3.8, 4) is 0 Å². The van der Waals surface area contributed by atoms with E-state index in [0.29, 0.717) is 25.5 Å². The summed E-state index contributed by atoms with van der Waals surface area (Å²) in [6.45, 7) is 1.70. The molecule has 2 aliphatic rings. The van der Waals surface area contributed by atoms with Gasteiger partial charge in [0, 0.05) is 25.5 Å². The highest BCUT2D eigenvalue weighted by atomic mass is 35.5. The average molecular weight is 315 g/mol. The van der Waals surface area contributed by atoms with Crippen LogP contribution in [0.2, 0.25) is 0 Å². The van der Waals surface area contributed by atoms with Crippen molar-refractivity contribution < 1.29 is 8.42 Å². The smallest absolute Gasteiger partial charge is 0.257 e. The SMILES string of the molecule is O=S(=O)(N1CCCC(CCl)C1)N1CCc2ccccc21. The molecule has 1 aromatic carbocycles. The molecule has 0 N–H and O–H groups in total. The van der Waals surface area contributed by atoms with Crippen molar-refractivity contribution in [2.45, 2.75) is 19.3 Å². The summed E-state index contributed by atoms with van der Waals surface area (Å²) in [6.07, 6.45) is 2.71. The first-order valence-corrected chi connectivity index (χ1v) is 8.98. The molecule has 110 valence electrons. The third-order valence-corrected chi connectivity index (χ3v) is 6.51. The topological polar surface area (TPSA) is 40.6 Å². The van der Waals surface area contributed by atoms with E-state index in [1.54, 1.807) is 8.61 Å². The number of alkyl halides is 1. The number of halogens is 1. The Hall–Kier alpha value is -0.780. The molecule has 0 aromatic heterocycles. The number of nitrogens with zero attached hydrogens (tertiary/aromatic N) is 2. The van der Waals surface area contributed by atoms with Gasteiger partial charge in [0.2, 0.25) is 0 Å². The maximum absolute atomic E-state index is 12.8. The van der Waals surface area contributed by atoms with Crippen LogP contribution in [0.25, 0.3) is 0 Å². The first-order chi connectivity index (χ1) is 9.63. The molecule has 2 aliphatic heterocycles. The third-order valence-electron chi connectivity index (χ3n) is 4.15. The minimum Gasteiger partial charge on any atom is -0.257 e. The maximum atomic E-state index is 12.8. The second kappa shape index (κ2) is 5.54. The molecular formula is C14H19ClN2O2S. The van der Waals surface area contributed by atoms with Gasteiger partial charge in [-0.2, -0.15) is 12.7 Å². The van der Waals surface area contributed by atoms with Gasteiger partial charge in [-0.25, -0.2) is 0 Å². The fourth-order valence-corrected chi connectivity index (χ4v) is 5.09. The Morgan fingerprint density at radius 1 is 1.25 bits per heavy atom. The van der Waals surface area contributed by atoms with Crippen LogP contribution in [0.15, 0.2) is 24.3 Å². The maximum Gasteiger partial charge on any atom is 0.304 e. The molecule has 1 fully saturated rings. The molecule has 0 saturated carbocycles. The zero-order valence-corrected chi connectivity index (χ0v) is 12.9. The lowest BCUT2D eigenvalue weighted by molar-refractivity contribution is 0.283. The van der Waals surface area contributed by atoms with Gasteiger partial charge in [0.25, 0.3) is 0 Å². The van der Waals surface area contributed by atoms with E-state index in [2.05, 4.69) is 0 Å². The molecule has 20 heavy (non-hydrogen) atoms. The highest BCUT2D eigenvalue weighted by molar-refractivity contribution is 7.90. The van der Waals surface area contributed by atoms with E-state index in [1.165, 1.54) is 0 Å². The molecule has 1 atom stereocenters. The van der Waals surface area contributed by atoms with E-state index >= 15 is 0 Å². The highest BCUT2D eigenvalue weighted by Crippen LogP contribution is 2.32. The van der Waals surface area contributed by atoms with Gasteiger partial charge >= 0.3 is 10.2 Å². The van der Waals surface area contributed by atoms with Gasteiger partial charge in [-0.3, -0.25) is 4.31 Å².